The first-order chi connectivity index (χ1) is 19.3. The van der Waals surface area contributed by atoms with E-state index >= 15 is 0 Å². The van der Waals surface area contributed by atoms with Gasteiger partial charge in [0.25, 0.3) is 11.9 Å². The highest BCUT2D eigenvalue weighted by atomic mass is 19.1. The molecule has 2 unspecified atom stereocenters. The highest BCUT2D eigenvalue weighted by Crippen LogP contribution is 2.47. The highest BCUT2D eigenvalue weighted by molar-refractivity contribution is 6.02. The molecule has 3 aliphatic rings. The lowest BCUT2D eigenvalue weighted by Crippen LogP contribution is -2.50. The fraction of sp³-hybridized carbons (Fsp3) is 0.484. The summed E-state index contributed by atoms with van der Waals surface area (Å²) in [4.78, 5) is 21.5. The molecule has 212 valence electrons. The van der Waals surface area contributed by atoms with Gasteiger partial charge in [-0.1, -0.05) is 19.1 Å². The number of anilines is 3. The summed E-state index contributed by atoms with van der Waals surface area (Å²) in [7, 11) is 0. The molecule has 3 aliphatic heterocycles. The molecule has 2 saturated heterocycles. The number of rotatable bonds is 6. The zero-order valence-electron chi connectivity index (χ0n) is 23.2. The zero-order valence-corrected chi connectivity index (χ0v) is 23.2. The van der Waals surface area contributed by atoms with Crippen molar-refractivity contribution >= 4 is 23.3 Å². The molecule has 0 saturated carbocycles. The summed E-state index contributed by atoms with van der Waals surface area (Å²) in [6.07, 6.45) is 5.85. The van der Waals surface area contributed by atoms with Crippen molar-refractivity contribution in [2.45, 2.75) is 44.9 Å². The normalized spacial score (nSPS) is 23.3. The van der Waals surface area contributed by atoms with E-state index < -0.39 is 17.5 Å². The molecule has 1 aromatic heterocycles. The smallest absolute Gasteiger partial charge is 0.297 e. The second-order valence-corrected chi connectivity index (χ2v) is 11.8. The fourth-order valence-electron chi connectivity index (χ4n) is 6.82. The molecular formula is C31H37F2N5O2. The summed E-state index contributed by atoms with van der Waals surface area (Å²) in [6.45, 7) is 10.7. The van der Waals surface area contributed by atoms with Gasteiger partial charge in [0, 0.05) is 49.0 Å². The maximum absolute atomic E-state index is 13.4. The quantitative estimate of drug-likeness (QED) is 0.403. The van der Waals surface area contributed by atoms with Gasteiger partial charge in [0.05, 0.1) is 6.20 Å². The first-order valence-electron chi connectivity index (χ1n) is 14.3. The summed E-state index contributed by atoms with van der Waals surface area (Å²) in [6, 6.07) is 10.2. The predicted octanol–water partition coefficient (Wildman–Crippen LogP) is 5.83. The number of fused-ring (bicyclic) bond motifs is 2. The van der Waals surface area contributed by atoms with Crippen LogP contribution in [0.25, 0.3) is 0 Å². The number of aryl methyl sites for hydroxylation is 1. The average molecular weight is 550 g/mol. The molecule has 7 nitrogen and oxygen atoms in total. The second kappa shape index (κ2) is 10.8. The Morgan fingerprint density at radius 1 is 1.15 bits per heavy atom. The van der Waals surface area contributed by atoms with Crippen LogP contribution in [0.3, 0.4) is 0 Å². The summed E-state index contributed by atoms with van der Waals surface area (Å²) in [5.74, 6) is -0.850. The van der Waals surface area contributed by atoms with Gasteiger partial charge in [-0.2, -0.15) is 0 Å². The van der Waals surface area contributed by atoms with Crippen molar-refractivity contribution in [1.82, 2.24) is 9.88 Å². The molecular weight excluding hydrogens is 512 g/mol. The topological polar surface area (TPSA) is 73.6 Å². The lowest BCUT2D eigenvalue weighted by atomic mass is 9.67. The van der Waals surface area contributed by atoms with Gasteiger partial charge in [-0.25, -0.2) is 13.8 Å². The van der Waals surface area contributed by atoms with E-state index in [1.165, 1.54) is 35.9 Å². The van der Waals surface area contributed by atoms with Gasteiger partial charge in [-0.05, 0) is 86.9 Å². The minimum Gasteiger partial charge on any atom is -0.418 e. The molecule has 2 atom stereocenters. The second-order valence-electron chi connectivity index (χ2n) is 11.8. The Morgan fingerprint density at radius 2 is 1.93 bits per heavy atom. The Kier molecular flexibility index (Phi) is 7.25. The Labute approximate surface area is 233 Å². The van der Waals surface area contributed by atoms with Crippen molar-refractivity contribution in [2.75, 3.05) is 54.8 Å². The molecule has 2 N–H and O–H groups in total. The van der Waals surface area contributed by atoms with Gasteiger partial charge in [0.15, 0.2) is 0 Å². The van der Waals surface area contributed by atoms with Gasteiger partial charge in [0.2, 0.25) is 5.76 Å². The Balaban J connectivity index is 0.967. The van der Waals surface area contributed by atoms with Crippen molar-refractivity contribution in [3.63, 3.8) is 0 Å². The van der Waals surface area contributed by atoms with Gasteiger partial charge < -0.3 is 24.9 Å². The summed E-state index contributed by atoms with van der Waals surface area (Å²) in [5.41, 5.74) is 4.43. The molecule has 0 aliphatic carbocycles. The Hall–Kier alpha value is -3.46. The third-order valence-corrected chi connectivity index (χ3v) is 9.23. The van der Waals surface area contributed by atoms with Gasteiger partial charge in [0.1, 0.15) is 11.6 Å². The van der Waals surface area contributed by atoms with Crippen molar-refractivity contribution in [1.29, 1.82) is 0 Å². The van der Waals surface area contributed by atoms with E-state index in [4.69, 9.17) is 4.42 Å². The van der Waals surface area contributed by atoms with Crippen LogP contribution in [-0.2, 0) is 5.41 Å². The van der Waals surface area contributed by atoms with Crippen LogP contribution < -0.4 is 15.5 Å². The number of nitrogens with zero attached hydrogens (tertiary/aromatic N) is 3. The summed E-state index contributed by atoms with van der Waals surface area (Å²) >= 11 is 0. The lowest BCUT2D eigenvalue weighted by Gasteiger charge is -2.45. The number of benzene rings is 2. The van der Waals surface area contributed by atoms with Crippen molar-refractivity contribution in [3.8, 4) is 0 Å². The molecule has 0 bridgehead atoms. The van der Waals surface area contributed by atoms with Crippen molar-refractivity contribution in [3.05, 3.63) is 71.1 Å². The van der Waals surface area contributed by atoms with Crippen LogP contribution in [0.1, 0.15) is 54.3 Å². The maximum atomic E-state index is 13.4. The lowest BCUT2D eigenvalue weighted by molar-refractivity contribution is 0.0996. The molecule has 1 spiro atoms. The Bertz CT molecular complexity index is 1370. The molecule has 4 heterocycles. The first-order valence-corrected chi connectivity index (χ1v) is 14.3. The third-order valence-electron chi connectivity index (χ3n) is 9.23. The number of hydrogen-bond donors (Lipinski definition) is 2. The number of nitrogens with one attached hydrogen (secondary N) is 2. The number of carbonyl (C=O) groups excluding carboxylic acids is 1. The molecule has 40 heavy (non-hydrogen) atoms. The van der Waals surface area contributed by atoms with E-state index in [1.807, 2.05) is 0 Å². The number of aromatic nitrogens is 1. The summed E-state index contributed by atoms with van der Waals surface area (Å²) in [5, 5.41) is 6.14. The molecule has 3 aromatic rings. The number of oxazole rings is 1. The van der Waals surface area contributed by atoms with E-state index in [1.54, 1.807) is 0 Å². The first kappa shape index (κ1) is 26.7. The number of carbonyl (C=O) groups is 1. The van der Waals surface area contributed by atoms with E-state index in [9.17, 15) is 13.6 Å². The van der Waals surface area contributed by atoms with E-state index in [0.717, 1.165) is 70.3 Å². The van der Waals surface area contributed by atoms with Crippen LogP contribution in [0.2, 0.25) is 0 Å². The van der Waals surface area contributed by atoms with Crippen LogP contribution in [0, 0.1) is 30.4 Å². The number of halogens is 2. The van der Waals surface area contributed by atoms with Gasteiger partial charge in [-0.3, -0.25) is 4.79 Å². The molecule has 9 heteroatoms. The van der Waals surface area contributed by atoms with Gasteiger partial charge >= 0.3 is 0 Å². The fourth-order valence-corrected chi connectivity index (χ4v) is 6.82. The van der Waals surface area contributed by atoms with Crippen LogP contribution >= 0.6 is 0 Å². The number of piperidine rings is 2. The van der Waals surface area contributed by atoms with E-state index in [-0.39, 0.29) is 16.9 Å². The van der Waals surface area contributed by atoms with Crippen LogP contribution in [0.5, 0.6) is 0 Å². The van der Waals surface area contributed by atoms with Crippen molar-refractivity contribution in [2.24, 2.45) is 11.8 Å². The zero-order chi connectivity index (χ0) is 27.9. The van der Waals surface area contributed by atoms with Crippen LogP contribution in [0.4, 0.5) is 26.2 Å². The van der Waals surface area contributed by atoms with Crippen molar-refractivity contribution < 1.29 is 18.0 Å². The Morgan fingerprint density at radius 3 is 2.67 bits per heavy atom. The standard InChI is InChI=1S/C31H37F2N5O2/c1-20-3-4-26-27(13-20)35-19-31(26)8-12-37(18-21(31)2)9-5-22-6-10-38(11-7-22)30-34-17-28(40-30)29(39)36-25-15-23(32)14-24(33)16-25/h3-4,13-17,21-22,35H,5-12,18-19H2,1-2H3,(H,36,39). The monoisotopic (exact) mass is 549 g/mol. The largest absolute Gasteiger partial charge is 0.418 e. The molecule has 6 rings (SSSR count). The van der Waals surface area contributed by atoms with Gasteiger partial charge in [-0.15, -0.1) is 0 Å². The minimum atomic E-state index is -0.762. The maximum Gasteiger partial charge on any atom is 0.297 e. The molecule has 2 fully saturated rings. The van der Waals surface area contributed by atoms with E-state index in [0.29, 0.717) is 17.9 Å². The predicted molar refractivity (Wildman–Crippen MR) is 152 cm³/mol. The number of likely N-dealkylation sites (tertiary alicyclic amines) is 1. The average Bonchev–Trinajstić information content (AvgIpc) is 3.55. The van der Waals surface area contributed by atoms with E-state index in [2.05, 4.69) is 57.5 Å². The van der Waals surface area contributed by atoms with Crippen LogP contribution in [0.15, 0.2) is 47.0 Å². The third kappa shape index (κ3) is 5.31. The van der Waals surface area contributed by atoms with Crippen LogP contribution in [-0.4, -0.2) is 55.1 Å². The minimum absolute atomic E-state index is 0.00834. The number of amides is 1. The molecule has 0 radical (unpaired) electrons. The molecule has 1 amide bonds. The highest BCUT2D eigenvalue weighted by Gasteiger charge is 2.46. The number of hydrogen-bond acceptors (Lipinski definition) is 6. The summed E-state index contributed by atoms with van der Waals surface area (Å²) < 4.78 is 32.5. The molecule has 2 aromatic carbocycles. The SMILES string of the molecule is Cc1ccc2c(c1)NCC21CCN(CCC2CCN(c3ncc(C(=O)Nc4cc(F)cc(F)c4)o3)CC2)CC1C.